The van der Waals surface area contributed by atoms with Gasteiger partial charge >= 0.3 is 10.4 Å². The van der Waals surface area contributed by atoms with Gasteiger partial charge in [0.25, 0.3) is 10.1 Å². The summed E-state index contributed by atoms with van der Waals surface area (Å²) in [6.07, 6.45) is 0. The summed E-state index contributed by atoms with van der Waals surface area (Å²) in [5.41, 5.74) is -0.751. The maximum Gasteiger partial charge on any atom is 0.397 e. The number of halogens is 1. The lowest BCUT2D eigenvalue weighted by atomic mass is 10.1. The first-order chi connectivity index (χ1) is 17.5. The molecule has 0 aliphatic rings. The van der Waals surface area contributed by atoms with Crippen molar-refractivity contribution >= 4 is 64.1 Å². The molecule has 0 radical (unpaired) electrons. The average Bonchev–Trinajstić information content (AvgIpc) is 2.76. The largest absolute Gasteiger partial charge is 0.505 e. The molecule has 38 heavy (non-hydrogen) atoms. The molecular weight excluding hydrogens is 573 g/mol. The van der Waals surface area contributed by atoms with Gasteiger partial charge in [0, 0.05) is 24.1 Å². The molecule has 0 aliphatic heterocycles. The highest BCUT2D eigenvalue weighted by atomic mass is 32.3. The van der Waals surface area contributed by atoms with E-state index in [2.05, 4.69) is 19.7 Å². The molecule has 0 heterocycles. The van der Waals surface area contributed by atoms with E-state index >= 15 is 0 Å². The van der Waals surface area contributed by atoms with Crippen molar-refractivity contribution in [1.82, 2.24) is 0 Å². The molecule has 18 heteroatoms. The van der Waals surface area contributed by atoms with Crippen molar-refractivity contribution in [2.45, 2.75) is 16.7 Å². The fourth-order valence-electron chi connectivity index (χ4n) is 3.20. The number of benzene rings is 3. The minimum atomic E-state index is -4.97. The van der Waals surface area contributed by atoms with Gasteiger partial charge in [0.15, 0.2) is 15.6 Å². The fourth-order valence-corrected chi connectivity index (χ4v) is 5.41. The van der Waals surface area contributed by atoms with Crippen LogP contribution in [0.15, 0.2) is 62.5 Å². The summed E-state index contributed by atoms with van der Waals surface area (Å²) in [5.74, 6) is -3.44. The van der Waals surface area contributed by atoms with Crippen LogP contribution in [-0.2, 0) is 39.3 Å². The van der Waals surface area contributed by atoms with Gasteiger partial charge in [-0.3, -0.25) is 13.9 Å². The van der Waals surface area contributed by atoms with Crippen LogP contribution in [0.5, 0.6) is 5.75 Å². The molecule has 3 aromatic rings. The Morgan fingerprint density at radius 2 is 1.66 bits per heavy atom. The third kappa shape index (κ3) is 7.05. The number of hydrogen-bond donors (Lipinski definition) is 4. The highest BCUT2D eigenvalue weighted by Gasteiger charge is 2.23. The van der Waals surface area contributed by atoms with Crippen molar-refractivity contribution in [1.29, 1.82) is 0 Å². The maximum atomic E-state index is 14.5. The number of carbonyl (C=O) groups excluding carboxylic acids is 1. The van der Waals surface area contributed by atoms with Gasteiger partial charge in [-0.2, -0.15) is 21.9 Å². The van der Waals surface area contributed by atoms with Gasteiger partial charge in [-0.25, -0.2) is 17.0 Å². The molecular formula is C20H18FN3O11S3. The maximum absolute atomic E-state index is 14.5. The first-order valence-corrected chi connectivity index (χ1v) is 14.5. The molecule has 14 nitrogen and oxygen atoms in total. The summed E-state index contributed by atoms with van der Waals surface area (Å²) in [7, 11) is -14.3. The number of anilines is 1. The monoisotopic (exact) mass is 591 g/mol. The van der Waals surface area contributed by atoms with E-state index in [9.17, 15) is 44.1 Å². The lowest BCUT2D eigenvalue weighted by Crippen LogP contribution is -2.16. The zero-order chi connectivity index (χ0) is 28.5. The molecule has 0 bridgehead atoms. The number of phenolic OH excluding ortho intramolecular Hbond substituents is 1. The Kier molecular flexibility index (Phi) is 8.15. The Morgan fingerprint density at radius 3 is 2.24 bits per heavy atom. The van der Waals surface area contributed by atoms with Crippen LogP contribution in [-0.4, -0.2) is 57.7 Å². The molecule has 0 aliphatic carbocycles. The topological polar surface area (TPSA) is 226 Å². The van der Waals surface area contributed by atoms with Gasteiger partial charge in [0.05, 0.1) is 18.0 Å². The van der Waals surface area contributed by atoms with E-state index in [1.807, 2.05) is 0 Å². The first-order valence-electron chi connectivity index (χ1n) is 10.1. The predicted octanol–water partition coefficient (Wildman–Crippen LogP) is 2.90. The minimum absolute atomic E-state index is 0.0696. The number of hydrogen-bond acceptors (Lipinski definition) is 11. The first kappa shape index (κ1) is 29.0. The second-order valence-corrected chi connectivity index (χ2v) is 12.1. The van der Waals surface area contributed by atoms with Crippen molar-refractivity contribution < 1.29 is 52.8 Å². The number of aromatic hydroxyl groups is 1. The fraction of sp³-hybridized carbons (Fsp3) is 0.150. The Labute approximate surface area is 215 Å². The summed E-state index contributed by atoms with van der Waals surface area (Å²) >= 11 is 0. The molecule has 0 saturated heterocycles. The Bertz CT molecular complexity index is 1790. The molecule has 204 valence electrons. The van der Waals surface area contributed by atoms with Crippen molar-refractivity contribution in [2.24, 2.45) is 10.2 Å². The average molecular weight is 592 g/mol. The smallest absolute Gasteiger partial charge is 0.397 e. The zero-order valence-corrected chi connectivity index (χ0v) is 21.5. The van der Waals surface area contributed by atoms with E-state index in [0.717, 1.165) is 18.2 Å². The molecule has 3 rings (SSSR count). The molecule has 0 aromatic heterocycles. The van der Waals surface area contributed by atoms with Crippen LogP contribution in [0, 0.1) is 5.82 Å². The molecule has 0 saturated carbocycles. The molecule has 0 spiro atoms. The van der Waals surface area contributed by atoms with Crippen LogP contribution < -0.4 is 5.32 Å². The highest BCUT2D eigenvalue weighted by molar-refractivity contribution is 7.91. The van der Waals surface area contributed by atoms with Gasteiger partial charge in [0.2, 0.25) is 5.91 Å². The quantitative estimate of drug-likeness (QED) is 0.209. The van der Waals surface area contributed by atoms with Gasteiger partial charge in [-0.15, -0.1) is 5.11 Å². The number of rotatable bonds is 9. The summed E-state index contributed by atoms with van der Waals surface area (Å²) < 4.78 is 106. The Hall–Kier alpha value is -3.55. The Morgan fingerprint density at radius 1 is 0.974 bits per heavy atom. The van der Waals surface area contributed by atoms with Gasteiger partial charge in [-0.05, 0) is 41.8 Å². The summed E-state index contributed by atoms with van der Waals surface area (Å²) in [6.45, 7) is 0.270. The number of azo groups is 1. The van der Waals surface area contributed by atoms with Crippen LogP contribution in [0.2, 0.25) is 0 Å². The van der Waals surface area contributed by atoms with E-state index < -0.39 is 75.7 Å². The summed E-state index contributed by atoms with van der Waals surface area (Å²) in [5, 5.41) is 20.5. The number of nitrogens with one attached hydrogen (secondary N) is 1. The van der Waals surface area contributed by atoms with Gasteiger partial charge < -0.3 is 10.4 Å². The second-order valence-electron chi connectivity index (χ2n) is 7.55. The van der Waals surface area contributed by atoms with Crippen molar-refractivity contribution in [2.75, 3.05) is 17.7 Å². The van der Waals surface area contributed by atoms with Crippen LogP contribution in [0.1, 0.15) is 6.92 Å². The van der Waals surface area contributed by atoms with Crippen LogP contribution in [0.4, 0.5) is 21.5 Å². The lowest BCUT2D eigenvalue weighted by Gasteiger charge is -2.10. The van der Waals surface area contributed by atoms with Crippen LogP contribution in [0.25, 0.3) is 10.8 Å². The SMILES string of the molecule is CC(=O)Nc1ccc2c(O)c(N=Nc3ccc(S(=O)(=O)CCOS(=O)(=O)O)c(F)c3)c(S(=O)(=O)O)cc2c1. The molecule has 1 amide bonds. The third-order valence-corrected chi connectivity index (χ3v) is 7.79. The molecule has 0 atom stereocenters. The number of fused-ring (bicyclic) bond motifs is 1. The van der Waals surface area contributed by atoms with Gasteiger partial charge in [0.1, 0.15) is 21.3 Å². The molecule has 0 fully saturated rings. The number of nitrogens with zero attached hydrogens (tertiary/aromatic N) is 2. The number of phenols is 1. The van der Waals surface area contributed by atoms with Crippen molar-refractivity contribution in [3.8, 4) is 5.75 Å². The van der Waals surface area contributed by atoms with E-state index in [1.165, 1.54) is 25.1 Å². The molecule has 0 unspecified atom stereocenters. The Balaban J connectivity index is 2.00. The van der Waals surface area contributed by atoms with E-state index in [4.69, 9.17) is 4.55 Å². The van der Waals surface area contributed by atoms with Gasteiger partial charge in [-0.1, -0.05) is 0 Å². The number of carbonyl (C=O) groups is 1. The van der Waals surface area contributed by atoms with E-state index in [-0.39, 0.29) is 22.1 Å². The molecule has 3 aromatic carbocycles. The normalized spacial score (nSPS) is 12.7. The standard InChI is InChI=1S/C20H18FN3O11S3/c1-11(25)22-13-2-4-15-12(8-13)9-18(37(29,30)31)19(20(15)26)24-23-14-3-5-17(16(21)10-14)36(27,28)7-6-35-38(32,33)34/h2-5,8-10,26H,6-7H2,1H3,(H,22,25)(H,29,30,31)(H,32,33,34). The van der Waals surface area contributed by atoms with Crippen molar-refractivity contribution in [3.05, 3.63) is 48.3 Å². The van der Waals surface area contributed by atoms with E-state index in [0.29, 0.717) is 6.07 Å². The minimum Gasteiger partial charge on any atom is -0.505 e. The predicted molar refractivity (Wildman–Crippen MR) is 130 cm³/mol. The lowest BCUT2D eigenvalue weighted by molar-refractivity contribution is -0.114. The third-order valence-electron chi connectivity index (χ3n) is 4.75. The van der Waals surface area contributed by atoms with E-state index in [1.54, 1.807) is 0 Å². The molecule has 4 N–H and O–H groups in total. The highest BCUT2D eigenvalue weighted by Crippen LogP contribution is 2.42. The van der Waals surface area contributed by atoms with Crippen LogP contribution in [0.3, 0.4) is 0 Å². The second kappa shape index (κ2) is 10.7. The zero-order valence-electron chi connectivity index (χ0n) is 19.1. The number of amides is 1. The van der Waals surface area contributed by atoms with Crippen molar-refractivity contribution in [3.63, 3.8) is 0 Å². The van der Waals surface area contributed by atoms with Crippen LogP contribution >= 0.6 is 0 Å². The number of sulfone groups is 1. The summed E-state index contributed by atoms with van der Waals surface area (Å²) in [6, 6.07) is 7.43. The summed E-state index contributed by atoms with van der Waals surface area (Å²) in [4.78, 5) is 9.57.